The van der Waals surface area contributed by atoms with Crippen LogP contribution in [0.1, 0.15) is 0 Å². The van der Waals surface area contributed by atoms with E-state index in [0.29, 0.717) is 10.2 Å². The molecule has 1 N–H and O–H groups in total. The van der Waals surface area contributed by atoms with E-state index in [0.717, 1.165) is 6.20 Å². The molecule has 3 aromatic rings. The van der Waals surface area contributed by atoms with E-state index in [1.165, 1.54) is 33.1 Å². The fourth-order valence-corrected chi connectivity index (χ4v) is 2.79. The Labute approximate surface area is 127 Å². The van der Waals surface area contributed by atoms with E-state index in [-0.39, 0.29) is 24.3 Å². The van der Waals surface area contributed by atoms with Crippen LogP contribution in [-0.4, -0.2) is 35.5 Å². The van der Waals surface area contributed by atoms with Gasteiger partial charge in [-0.25, -0.2) is 4.98 Å². The third kappa shape index (κ3) is 2.73. The maximum absolute atomic E-state index is 12.2. The van der Waals surface area contributed by atoms with E-state index < -0.39 is 11.0 Å². The zero-order chi connectivity index (χ0) is 15.7. The molecule has 1 atom stereocenters. The summed E-state index contributed by atoms with van der Waals surface area (Å²) in [6, 6.07) is 1.69. The Morgan fingerprint density at radius 2 is 2.27 bits per heavy atom. The van der Waals surface area contributed by atoms with Crippen molar-refractivity contribution in [2.45, 2.75) is 19.2 Å². The van der Waals surface area contributed by atoms with Crippen LogP contribution in [0.3, 0.4) is 0 Å². The molecule has 0 aromatic carbocycles. The van der Waals surface area contributed by atoms with Crippen molar-refractivity contribution in [1.29, 1.82) is 0 Å². The van der Waals surface area contributed by atoms with Gasteiger partial charge in [0.1, 0.15) is 17.2 Å². The molecule has 3 heterocycles. The first-order chi connectivity index (χ1) is 10.5. The minimum absolute atomic E-state index is 0.0330. The number of hydrogen-bond acceptors (Lipinski definition) is 7. The van der Waals surface area contributed by atoms with Gasteiger partial charge >= 0.3 is 5.69 Å². The monoisotopic (exact) mass is 321 g/mol. The molecule has 0 fully saturated rings. The Bertz CT molecular complexity index is 883. The van der Waals surface area contributed by atoms with Gasteiger partial charge in [-0.15, -0.1) is 11.3 Å². The van der Waals surface area contributed by atoms with Gasteiger partial charge in [0.15, 0.2) is 0 Å². The predicted molar refractivity (Wildman–Crippen MR) is 78.8 cm³/mol. The van der Waals surface area contributed by atoms with Gasteiger partial charge in [-0.2, -0.15) is 5.10 Å². The number of nitrogens with zero attached hydrogens (tertiary/aromatic N) is 5. The minimum Gasteiger partial charge on any atom is -0.389 e. The van der Waals surface area contributed by atoms with Crippen LogP contribution in [0.15, 0.2) is 35.0 Å². The van der Waals surface area contributed by atoms with E-state index in [9.17, 15) is 20.0 Å². The molecule has 3 rings (SSSR count). The quantitative estimate of drug-likeness (QED) is 0.544. The average Bonchev–Trinajstić information content (AvgIpc) is 3.11. The van der Waals surface area contributed by atoms with E-state index in [2.05, 4.69) is 10.1 Å². The first kappa shape index (κ1) is 14.4. The van der Waals surface area contributed by atoms with Crippen molar-refractivity contribution in [3.63, 3.8) is 0 Å². The molecule has 0 spiro atoms. The lowest BCUT2D eigenvalue weighted by Crippen LogP contribution is -2.29. The zero-order valence-corrected chi connectivity index (χ0v) is 12.0. The van der Waals surface area contributed by atoms with Gasteiger partial charge in [0.05, 0.1) is 35.8 Å². The lowest BCUT2D eigenvalue weighted by Gasteiger charge is -2.12. The van der Waals surface area contributed by atoms with Crippen LogP contribution in [0, 0.1) is 10.1 Å². The normalized spacial score (nSPS) is 12.6. The number of thiophene rings is 1. The Balaban J connectivity index is 1.74. The van der Waals surface area contributed by atoms with Crippen molar-refractivity contribution in [2.75, 3.05) is 0 Å². The highest BCUT2D eigenvalue weighted by Gasteiger charge is 2.14. The Morgan fingerprint density at radius 1 is 1.45 bits per heavy atom. The standard InChI is InChI=1S/C12H11N5O4S/c18-9(6-16-4-8(3-14-16)17(20)21)5-15-7-13-11-10(12(15)19)1-2-22-11/h1-4,7,9,18H,5-6H2/t9-/m0/s1. The largest absolute Gasteiger partial charge is 0.389 e. The van der Waals surface area contributed by atoms with E-state index in [1.54, 1.807) is 11.4 Å². The Morgan fingerprint density at radius 3 is 3.00 bits per heavy atom. The lowest BCUT2D eigenvalue weighted by atomic mass is 10.3. The van der Waals surface area contributed by atoms with E-state index in [4.69, 9.17) is 0 Å². The van der Waals surface area contributed by atoms with Gasteiger partial charge in [-0.1, -0.05) is 0 Å². The smallest absolute Gasteiger partial charge is 0.306 e. The van der Waals surface area contributed by atoms with Crippen molar-refractivity contribution >= 4 is 27.2 Å². The molecule has 10 heteroatoms. The third-order valence-corrected chi connectivity index (χ3v) is 3.91. The lowest BCUT2D eigenvalue weighted by molar-refractivity contribution is -0.385. The number of aliphatic hydroxyl groups excluding tert-OH is 1. The number of hydrogen-bond donors (Lipinski definition) is 1. The van der Waals surface area contributed by atoms with Gasteiger partial charge in [-0.3, -0.25) is 24.2 Å². The highest BCUT2D eigenvalue weighted by atomic mass is 32.1. The van der Waals surface area contributed by atoms with Crippen molar-refractivity contribution in [3.8, 4) is 0 Å². The van der Waals surface area contributed by atoms with Gasteiger partial charge in [-0.05, 0) is 11.4 Å². The summed E-state index contributed by atoms with van der Waals surface area (Å²) in [7, 11) is 0. The van der Waals surface area contributed by atoms with Crippen molar-refractivity contribution < 1.29 is 10.0 Å². The fourth-order valence-electron chi connectivity index (χ4n) is 2.07. The number of fused-ring (bicyclic) bond motifs is 1. The van der Waals surface area contributed by atoms with Crippen molar-refractivity contribution in [3.05, 3.63) is 50.6 Å². The molecule has 3 aromatic heterocycles. The summed E-state index contributed by atoms with van der Waals surface area (Å²) >= 11 is 1.37. The zero-order valence-electron chi connectivity index (χ0n) is 11.2. The molecule has 0 saturated heterocycles. The van der Waals surface area contributed by atoms with Crippen LogP contribution in [0.2, 0.25) is 0 Å². The Kier molecular flexibility index (Phi) is 3.69. The van der Waals surface area contributed by atoms with E-state index in [1.807, 2.05) is 0 Å². The summed E-state index contributed by atoms with van der Waals surface area (Å²) in [6.45, 7) is 0.0766. The molecule has 0 aliphatic carbocycles. The van der Waals surface area contributed by atoms with E-state index >= 15 is 0 Å². The Hall–Kier alpha value is -2.59. The molecular formula is C12H11N5O4S. The first-order valence-electron chi connectivity index (χ1n) is 6.32. The van der Waals surface area contributed by atoms with Crippen LogP contribution in [-0.2, 0) is 13.1 Å². The molecule has 22 heavy (non-hydrogen) atoms. The number of aromatic nitrogens is 4. The number of rotatable bonds is 5. The molecule has 0 saturated carbocycles. The number of aliphatic hydroxyl groups is 1. The summed E-state index contributed by atoms with van der Waals surface area (Å²) < 4.78 is 2.59. The van der Waals surface area contributed by atoms with Gasteiger partial charge < -0.3 is 5.11 Å². The van der Waals surface area contributed by atoms with Gasteiger partial charge in [0.2, 0.25) is 0 Å². The fraction of sp³-hybridized carbons (Fsp3) is 0.250. The minimum atomic E-state index is -0.921. The molecule has 0 aliphatic rings. The maximum atomic E-state index is 12.2. The third-order valence-electron chi connectivity index (χ3n) is 3.09. The summed E-state index contributed by atoms with van der Waals surface area (Å²) in [4.78, 5) is 27.0. The molecule has 0 amide bonds. The molecule has 0 aliphatic heterocycles. The van der Waals surface area contributed by atoms with Crippen LogP contribution in [0.25, 0.3) is 10.2 Å². The molecular weight excluding hydrogens is 310 g/mol. The second-order valence-electron chi connectivity index (χ2n) is 4.67. The molecule has 0 unspecified atom stereocenters. The van der Waals surface area contributed by atoms with Gasteiger partial charge in [0, 0.05) is 0 Å². The summed E-state index contributed by atoms with van der Waals surface area (Å²) in [5, 5.41) is 26.7. The summed E-state index contributed by atoms with van der Waals surface area (Å²) in [5.41, 5.74) is -0.373. The highest BCUT2D eigenvalue weighted by Crippen LogP contribution is 2.13. The molecule has 9 nitrogen and oxygen atoms in total. The number of nitro groups is 1. The molecule has 114 valence electrons. The topological polar surface area (TPSA) is 116 Å². The van der Waals surface area contributed by atoms with Crippen LogP contribution in [0.5, 0.6) is 0 Å². The van der Waals surface area contributed by atoms with Crippen molar-refractivity contribution in [2.24, 2.45) is 0 Å². The van der Waals surface area contributed by atoms with Crippen LogP contribution < -0.4 is 5.56 Å². The molecule has 0 bridgehead atoms. The van der Waals surface area contributed by atoms with Crippen LogP contribution >= 0.6 is 11.3 Å². The van der Waals surface area contributed by atoms with Crippen LogP contribution in [0.4, 0.5) is 5.69 Å². The summed E-state index contributed by atoms with van der Waals surface area (Å²) in [6.07, 6.45) is 2.80. The maximum Gasteiger partial charge on any atom is 0.306 e. The van der Waals surface area contributed by atoms with Gasteiger partial charge in [0.25, 0.3) is 5.56 Å². The average molecular weight is 321 g/mol. The highest BCUT2D eigenvalue weighted by molar-refractivity contribution is 7.16. The first-order valence-corrected chi connectivity index (χ1v) is 7.20. The SMILES string of the molecule is O=c1c2ccsc2ncn1C[C@H](O)Cn1cc([N+](=O)[O-])cn1. The van der Waals surface area contributed by atoms with Crippen molar-refractivity contribution in [1.82, 2.24) is 19.3 Å². The predicted octanol–water partition coefficient (Wildman–Crippen LogP) is 0.624. The second-order valence-corrected chi connectivity index (χ2v) is 5.57. The molecule has 0 radical (unpaired) electrons. The second kappa shape index (κ2) is 5.66. The summed E-state index contributed by atoms with van der Waals surface area (Å²) in [5.74, 6) is 0.